The molecule has 0 bridgehead atoms. The molecular weight excluding hydrogens is 300 g/mol. The lowest BCUT2D eigenvalue weighted by molar-refractivity contribution is -0.121. The molecule has 1 aliphatic rings. The summed E-state index contributed by atoms with van der Waals surface area (Å²) in [6.45, 7) is 1.67. The molecule has 3 rings (SSSR count). The van der Waals surface area contributed by atoms with Crippen LogP contribution in [0.15, 0.2) is 28.8 Å². The Morgan fingerprint density at radius 3 is 2.43 bits per heavy atom. The second-order valence-electron chi connectivity index (χ2n) is 5.08. The van der Waals surface area contributed by atoms with Gasteiger partial charge < -0.3 is 9.84 Å². The molecule has 0 saturated heterocycles. The van der Waals surface area contributed by atoms with Gasteiger partial charge in [0, 0.05) is 13.0 Å². The van der Waals surface area contributed by atoms with E-state index in [0.717, 1.165) is 4.90 Å². The first-order valence-electron chi connectivity index (χ1n) is 7.07. The molecule has 1 N–H and O–H groups in total. The number of aromatic nitrogens is 2. The van der Waals surface area contributed by atoms with E-state index in [1.807, 2.05) is 0 Å². The van der Waals surface area contributed by atoms with Gasteiger partial charge in [0.05, 0.1) is 11.1 Å². The Kier molecular flexibility index (Phi) is 3.88. The molecule has 23 heavy (non-hydrogen) atoms. The van der Waals surface area contributed by atoms with E-state index in [9.17, 15) is 14.4 Å². The van der Waals surface area contributed by atoms with E-state index in [4.69, 9.17) is 4.52 Å². The topological polar surface area (TPSA) is 105 Å². The second-order valence-corrected chi connectivity index (χ2v) is 5.08. The van der Waals surface area contributed by atoms with Crippen LogP contribution in [0.1, 0.15) is 32.4 Å². The van der Waals surface area contributed by atoms with Crippen molar-refractivity contribution in [1.82, 2.24) is 20.4 Å². The van der Waals surface area contributed by atoms with Crippen molar-refractivity contribution in [2.45, 2.75) is 13.3 Å². The first-order valence-corrected chi connectivity index (χ1v) is 7.07. The third kappa shape index (κ3) is 2.96. The minimum atomic E-state index is -0.451. The number of rotatable bonds is 5. The molecule has 0 unspecified atom stereocenters. The van der Waals surface area contributed by atoms with Gasteiger partial charge in [-0.1, -0.05) is 17.3 Å². The van der Waals surface area contributed by atoms with Crippen molar-refractivity contribution in [3.63, 3.8) is 0 Å². The summed E-state index contributed by atoms with van der Waals surface area (Å²) in [6.07, 6.45) is 0.384. The van der Waals surface area contributed by atoms with Gasteiger partial charge in [-0.15, -0.1) is 0 Å². The number of carbonyl (C=O) groups excluding carboxylic acids is 3. The number of carbonyl (C=O) groups is 3. The highest BCUT2D eigenvalue weighted by molar-refractivity contribution is 6.22. The Bertz CT molecular complexity index is 748. The van der Waals surface area contributed by atoms with Gasteiger partial charge in [-0.3, -0.25) is 19.3 Å². The predicted octanol–water partition coefficient (Wildman–Crippen LogP) is 0.333. The molecule has 0 fully saturated rings. The Morgan fingerprint density at radius 2 is 1.87 bits per heavy atom. The van der Waals surface area contributed by atoms with Gasteiger partial charge in [-0.25, -0.2) is 0 Å². The summed E-state index contributed by atoms with van der Waals surface area (Å²) in [5.74, 6) is -0.377. The number of aryl methyl sites for hydroxylation is 1. The summed E-state index contributed by atoms with van der Waals surface area (Å²) in [5.41, 5.74) is 0.651. The highest BCUT2D eigenvalue weighted by atomic mass is 16.5. The van der Waals surface area contributed by atoms with Crippen LogP contribution in [0.2, 0.25) is 0 Å². The van der Waals surface area contributed by atoms with E-state index >= 15 is 0 Å². The van der Waals surface area contributed by atoms with Gasteiger partial charge in [0.25, 0.3) is 11.8 Å². The van der Waals surface area contributed by atoms with Crippen LogP contribution >= 0.6 is 0 Å². The molecule has 3 amide bonds. The lowest BCUT2D eigenvalue weighted by atomic mass is 10.1. The molecule has 1 aliphatic heterocycles. The molecule has 1 aromatic carbocycles. The fourth-order valence-electron chi connectivity index (χ4n) is 2.33. The summed E-state index contributed by atoms with van der Waals surface area (Å²) >= 11 is 0. The maximum absolute atomic E-state index is 12.1. The lowest BCUT2D eigenvalue weighted by Gasteiger charge is -2.13. The minimum Gasteiger partial charge on any atom is -0.354 e. The minimum absolute atomic E-state index is 0.281. The molecule has 2 aromatic rings. The molecule has 2 heterocycles. The third-order valence-corrected chi connectivity index (χ3v) is 3.41. The molecule has 8 nitrogen and oxygen atoms in total. The van der Waals surface area contributed by atoms with Crippen LogP contribution in [0.25, 0.3) is 0 Å². The van der Waals surface area contributed by atoms with Gasteiger partial charge >= 0.3 is 0 Å². The van der Waals surface area contributed by atoms with Crippen LogP contribution in [0.3, 0.4) is 0 Å². The Morgan fingerprint density at radius 1 is 1.22 bits per heavy atom. The van der Waals surface area contributed by atoms with Gasteiger partial charge in [0.1, 0.15) is 6.54 Å². The number of nitrogens with zero attached hydrogens (tertiary/aromatic N) is 3. The standard InChI is InChI=1S/C15H14N4O4/c1-9-17-13(23-18-9)6-7-16-12(20)8-19-14(21)10-4-2-3-5-11(10)15(19)22/h2-5H,6-8H2,1H3,(H,16,20). The van der Waals surface area contributed by atoms with Gasteiger partial charge in [-0.2, -0.15) is 4.98 Å². The zero-order chi connectivity index (χ0) is 16.4. The lowest BCUT2D eigenvalue weighted by Crippen LogP contribution is -2.40. The van der Waals surface area contributed by atoms with Crippen LogP contribution in [0, 0.1) is 6.92 Å². The highest BCUT2D eigenvalue weighted by Crippen LogP contribution is 2.21. The van der Waals surface area contributed by atoms with Crippen molar-refractivity contribution in [3.8, 4) is 0 Å². The highest BCUT2D eigenvalue weighted by Gasteiger charge is 2.36. The number of hydrogen-bond donors (Lipinski definition) is 1. The van der Waals surface area contributed by atoms with Crippen LogP contribution in [0.5, 0.6) is 0 Å². The Balaban J connectivity index is 1.54. The molecular formula is C15H14N4O4. The van der Waals surface area contributed by atoms with Crippen LogP contribution < -0.4 is 5.32 Å². The molecule has 1 aromatic heterocycles. The second kappa shape index (κ2) is 5.99. The third-order valence-electron chi connectivity index (χ3n) is 3.41. The van der Waals surface area contributed by atoms with E-state index in [0.29, 0.717) is 29.3 Å². The summed E-state index contributed by atoms with van der Waals surface area (Å²) in [6, 6.07) is 6.51. The van der Waals surface area contributed by atoms with Crippen LogP contribution in [-0.4, -0.2) is 45.9 Å². The van der Waals surface area contributed by atoms with E-state index in [1.165, 1.54) is 0 Å². The first-order chi connectivity index (χ1) is 11.1. The molecule has 0 spiro atoms. The number of imide groups is 1. The SMILES string of the molecule is Cc1noc(CCNC(=O)CN2C(=O)c3ccccc3C2=O)n1. The molecule has 8 heteroatoms. The number of nitrogens with one attached hydrogen (secondary N) is 1. The average molecular weight is 314 g/mol. The van der Waals surface area contributed by atoms with E-state index in [1.54, 1.807) is 31.2 Å². The first kappa shape index (κ1) is 14.9. The van der Waals surface area contributed by atoms with E-state index < -0.39 is 17.7 Å². The molecule has 118 valence electrons. The normalized spacial score (nSPS) is 13.3. The van der Waals surface area contributed by atoms with Crippen molar-refractivity contribution in [2.75, 3.05) is 13.1 Å². The Labute approximate surface area is 131 Å². The monoisotopic (exact) mass is 314 g/mol. The predicted molar refractivity (Wildman–Crippen MR) is 77.6 cm³/mol. The zero-order valence-corrected chi connectivity index (χ0v) is 12.4. The fourth-order valence-corrected chi connectivity index (χ4v) is 2.33. The van der Waals surface area contributed by atoms with Gasteiger partial charge in [-0.05, 0) is 19.1 Å². The molecule has 0 radical (unpaired) electrons. The quantitative estimate of drug-likeness (QED) is 0.797. The van der Waals surface area contributed by atoms with E-state index in [2.05, 4.69) is 15.5 Å². The van der Waals surface area contributed by atoms with E-state index in [-0.39, 0.29) is 13.1 Å². The Hall–Kier alpha value is -3.03. The zero-order valence-electron chi connectivity index (χ0n) is 12.4. The van der Waals surface area contributed by atoms with Crippen molar-refractivity contribution >= 4 is 17.7 Å². The molecule has 0 aliphatic carbocycles. The smallest absolute Gasteiger partial charge is 0.262 e. The average Bonchev–Trinajstić information content (AvgIpc) is 3.05. The number of benzene rings is 1. The fraction of sp³-hybridized carbons (Fsp3) is 0.267. The largest absolute Gasteiger partial charge is 0.354 e. The summed E-state index contributed by atoms with van der Waals surface area (Å²) in [4.78, 5) is 41.1. The summed E-state index contributed by atoms with van der Waals surface area (Å²) < 4.78 is 4.92. The summed E-state index contributed by atoms with van der Waals surface area (Å²) in [7, 11) is 0. The maximum atomic E-state index is 12.1. The van der Waals surface area contributed by atoms with Crippen molar-refractivity contribution in [2.24, 2.45) is 0 Å². The van der Waals surface area contributed by atoms with Crippen molar-refractivity contribution in [1.29, 1.82) is 0 Å². The van der Waals surface area contributed by atoms with Crippen molar-refractivity contribution < 1.29 is 18.9 Å². The van der Waals surface area contributed by atoms with Crippen LogP contribution in [-0.2, 0) is 11.2 Å². The van der Waals surface area contributed by atoms with Crippen molar-refractivity contribution in [3.05, 3.63) is 47.1 Å². The van der Waals surface area contributed by atoms with Crippen LogP contribution in [0.4, 0.5) is 0 Å². The number of fused-ring (bicyclic) bond motifs is 1. The summed E-state index contributed by atoms with van der Waals surface area (Å²) in [5, 5.41) is 6.27. The molecule has 0 atom stereocenters. The maximum Gasteiger partial charge on any atom is 0.262 e. The number of amides is 3. The number of hydrogen-bond acceptors (Lipinski definition) is 6. The molecule has 0 saturated carbocycles. The van der Waals surface area contributed by atoms with Gasteiger partial charge in [0.15, 0.2) is 5.82 Å². The van der Waals surface area contributed by atoms with Gasteiger partial charge in [0.2, 0.25) is 11.8 Å².